The van der Waals surface area contributed by atoms with Crippen LogP contribution in [0.5, 0.6) is 0 Å². The number of alkyl halides is 1. The Balaban J connectivity index is 2.39. The smallest absolute Gasteiger partial charge is 0.258 e. The zero-order valence-corrected chi connectivity index (χ0v) is 11.3. The molecule has 1 aromatic carbocycles. The Morgan fingerprint density at radius 3 is 2.75 bits per heavy atom. The lowest BCUT2D eigenvalue weighted by Crippen LogP contribution is -1.86. The molecule has 2 aromatic rings. The van der Waals surface area contributed by atoms with Gasteiger partial charge in [0.25, 0.3) is 5.89 Å². The maximum atomic E-state index is 5.97. The molecule has 0 aliphatic rings. The quantitative estimate of drug-likeness (QED) is 0.767. The highest BCUT2D eigenvalue weighted by molar-refractivity contribution is 9.10. The molecule has 1 atom stereocenters. The molecule has 3 nitrogen and oxygen atoms in total. The highest BCUT2D eigenvalue weighted by Crippen LogP contribution is 2.28. The van der Waals surface area contributed by atoms with Crippen LogP contribution in [0, 0.1) is 0 Å². The molecule has 0 aliphatic heterocycles. The fraction of sp³-hybridized carbons (Fsp3) is 0.200. The van der Waals surface area contributed by atoms with E-state index in [1.54, 1.807) is 13.0 Å². The van der Waals surface area contributed by atoms with E-state index in [0.29, 0.717) is 16.7 Å². The molecule has 0 N–H and O–H groups in total. The molecule has 6 heteroatoms. The Morgan fingerprint density at radius 1 is 1.44 bits per heavy atom. The Kier molecular flexibility index (Phi) is 3.52. The number of hydrogen-bond donors (Lipinski definition) is 0. The molecular weight excluding hydrogens is 315 g/mol. The lowest BCUT2D eigenvalue weighted by atomic mass is 10.2. The van der Waals surface area contributed by atoms with Gasteiger partial charge in [0.15, 0.2) is 5.82 Å². The molecule has 0 spiro atoms. The second-order valence-corrected chi connectivity index (χ2v) is 5.12. The summed E-state index contributed by atoms with van der Waals surface area (Å²) < 4.78 is 5.91. The largest absolute Gasteiger partial charge is 0.334 e. The minimum absolute atomic E-state index is 0.275. The first-order valence-corrected chi connectivity index (χ1v) is 6.12. The molecule has 0 bridgehead atoms. The van der Waals surface area contributed by atoms with Crippen LogP contribution in [0.4, 0.5) is 0 Å². The van der Waals surface area contributed by atoms with E-state index in [2.05, 4.69) is 26.1 Å². The highest BCUT2D eigenvalue weighted by Gasteiger charge is 2.13. The summed E-state index contributed by atoms with van der Waals surface area (Å²) in [6, 6.07) is 5.42. The third-order valence-corrected chi connectivity index (χ3v) is 3.39. The van der Waals surface area contributed by atoms with E-state index in [1.807, 2.05) is 12.1 Å². The molecule has 1 heterocycles. The number of aromatic nitrogens is 2. The molecule has 2 rings (SSSR count). The van der Waals surface area contributed by atoms with Crippen LogP contribution in [0.25, 0.3) is 11.5 Å². The van der Waals surface area contributed by atoms with Crippen LogP contribution in [0.15, 0.2) is 27.2 Å². The summed E-state index contributed by atoms with van der Waals surface area (Å²) in [5, 5.41) is 4.09. The van der Waals surface area contributed by atoms with Crippen LogP contribution < -0.4 is 0 Å². The minimum Gasteiger partial charge on any atom is -0.334 e. The van der Waals surface area contributed by atoms with Crippen molar-refractivity contribution in [3.63, 3.8) is 0 Å². The lowest BCUT2D eigenvalue weighted by molar-refractivity contribution is 0.422. The van der Waals surface area contributed by atoms with Crippen molar-refractivity contribution in [2.45, 2.75) is 12.3 Å². The molecule has 0 fully saturated rings. The van der Waals surface area contributed by atoms with Gasteiger partial charge < -0.3 is 4.52 Å². The molecule has 1 aromatic heterocycles. The van der Waals surface area contributed by atoms with Crippen LogP contribution in [0.2, 0.25) is 5.02 Å². The number of hydrogen-bond acceptors (Lipinski definition) is 3. The van der Waals surface area contributed by atoms with Gasteiger partial charge in [-0.15, -0.1) is 11.6 Å². The van der Waals surface area contributed by atoms with Gasteiger partial charge in [0.05, 0.1) is 10.4 Å². The van der Waals surface area contributed by atoms with Gasteiger partial charge in [0.2, 0.25) is 0 Å². The summed E-state index contributed by atoms with van der Waals surface area (Å²) in [6.07, 6.45) is 0. The van der Waals surface area contributed by atoms with Crippen molar-refractivity contribution in [3.8, 4) is 11.5 Å². The number of halogens is 3. The van der Waals surface area contributed by atoms with Gasteiger partial charge in [-0.1, -0.05) is 16.8 Å². The normalized spacial score (nSPS) is 12.8. The molecule has 0 saturated carbocycles. The van der Waals surface area contributed by atoms with Gasteiger partial charge in [0.1, 0.15) is 0 Å². The van der Waals surface area contributed by atoms with Gasteiger partial charge in [-0.3, -0.25) is 0 Å². The standard InChI is InChI=1S/C10H7BrCl2N2O/c1-5(12)9-14-10(16-15-9)6-2-3-7(11)8(13)4-6/h2-5H,1H3. The van der Waals surface area contributed by atoms with E-state index in [9.17, 15) is 0 Å². The summed E-state index contributed by atoms with van der Waals surface area (Å²) in [7, 11) is 0. The van der Waals surface area contributed by atoms with Gasteiger partial charge in [-0.2, -0.15) is 4.98 Å². The first-order valence-electron chi connectivity index (χ1n) is 4.51. The molecule has 0 saturated heterocycles. The van der Waals surface area contributed by atoms with Gasteiger partial charge >= 0.3 is 0 Å². The van der Waals surface area contributed by atoms with Crippen LogP contribution >= 0.6 is 39.1 Å². The first kappa shape index (κ1) is 11.9. The summed E-state index contributed by atoms with van der Waals surface area (Å²) in [6.45, 7) is 1.78. The zero-order valence-electron chi connectivity index (χ0n) is 8.25. The second kappa shape index (κ2) is 4.73. The van der Waals surface area contributed by atoms with E-state index < -0.39 is 0 Å². The Hall–Kier alpha value is -0.580. The Morgan fingerprint density at radius 2 is 2.19 bits per heavy atom. The third-order valence-electron chi connectivity index (χ3n) is 1.96. The topological polar surface area (TPSA) is 38.9 Å². The van der Waals surface area contributed by atoms with Crippen LogP contribution in [0.3, 0.4) is 0 Å². The average molecular weight is 322 g/mol. The number of benzene rings is 1. The van der Waals surface area contributed by atoms with E-state index in [4.69, 9.17) is 27.7 Å². The molecule has 84 valence electrons. The van der Waals surface area contributed by atoms with E-state index in [1.165, 1.54) is 0 Å². The van der Waals surface area contributed by atoms with Gasteiger partial charge in [-0.05, 0) is 41.1 Å². The molecule has 0 amide bonds. The van der Waals surface area contributed by atoms with E-state index in [0.717, 1.165) is 10.0 Å². The monoisotopic (exact) mass is 320 g/mol. The van der Waals surface area contributed by atoms with Crippen molar-refractivity contribution in [3.05, 3.63) is 33.5 Å². The van der Waals surface area contributed by atoms with Gasteiger partial charge in [-0.25, -0.2) is 0 Å². The predicted octanol–water partition coefficient (Wildman–Crippen LogP) is 4.45. The summed E-state index contributed by atoms with van der Waals surface area (Å²) in [5.41, 5.74) is 0.768. The van der Waals surface area contributed by atoms with Crippen molar-refractivity contribution in [2.24, 2.45) is 0 Å². The molecule has 0 aliphatic carbocycles. The van der Waals surface area contributed by atoms with Crippen molar-refractivity contribution in [1.82, 2.24) is 10.1 Å². The van der Waals surface area contributed by atoms with Crippen molar-refractivity contribution < 1.29 is 4.52 Å². The summed E-state index contributed by atoms with van der Waals surface area (Å²) in [4.78, 5) is 4.17. The predicted molar refractivity (Wildman–Crippen MR) is 66.7 cm³/mol. The maximum Gasteiger partial charge on any atom is 0.258 e. The fourth-order valence-corrected chi connectivity index (χ4v) is 1.66. The van der Waals surface area contributed by atoms with E-state index >= 15 is 0 Å². The van der Waals surface area contributed by atoms with Crippen molar-refractivity contribution >= 4 is 39.1 Å². The zero-order chi connectivity index (χ0) is 11.7. The Bertz CT molecular complexity index is 513. The highest BCUT2D eigenvalue weighted by atomic mass is 79.9. The van der Waals surface area contributed by atoms with Crippen molar-refractivity contribution in [2.75, 3.05) is 0 Å². The average Bonchev–Trinajstić information content (AvgIpc) is 2.71. The lowest BCUT2D eigenvalue weighted by Gasteiger charge is -1.97. The third kappa shape index (κ3) is 2.39. The molecular formula is C10H7BrCl2N2O. The SMILES string of the molecule is CC(Cl)c1noc(-c2ccc(Br)c(Cl)c2)n1. The fourth-order valence-electron chi connectivity index (χ4n) is 1.14. The molecule has 0 radical (unpaired) electrons. The van der Waals surface area contributed by atoms with Crippen LogP contribution in [0.1, 0.15) is 18.1 Å². The maximum absolute atomic E-state index is 5.97. The Labute approximate surface area is 111 Å². The van der Waals surface area contributed by atoms with Gasteiger partial charge in [0, 0.05) is 10.0 Å². The van der Waals surface area contributed by atoms with Crippen LogP contribution in [-0.4, -0.2) is 10.1 Å². The van der Waals surface area contributed by atoms with Crippen LogP contribution in [-0.2, 0) is 0 Å². The summed E-state index contributed by atoms with van der Waals surface area (Å²) >= 11 is 15.1. The molecule has 1 unspecified atom stereocenters. The first-order chi connectivity index (χ1) is 7.58. The number of rotatable bonds is 2. The van der Waals surface area contributed by atoms with Crippen molar-refractivity contribution in [1.29, 1.82) is 0 Å². The number of nitrogens with zero attached hydrogens (tertiary/aromatic N) is 2. The second-order valence-electron chi connectivity index (χ2n) is 3.20. The minimum atomic E-state index is -0.275. The summed E-state index contributed by atoms with van der Waals surface area (Å²) in [5.74, 6) is 0.882. The van der Waals surface area contributed by atoms with E-state index in [-0.39, 0.29) is 5.38 Å². The molecule has 16 heavy (non-hydrogen) atoms.